The largest absolute Gasteiger partial charge is 0.373 e. The third kappa shape index (κ3) is 3.50. The third-order valence-corrected chi connectivity index (χ3v) is 4.44. The topological polar surface area (TPSA) is 80.1 Å². The molecule has 1 aliphatic rings. The Kier molecular flexibility index (Phi) is 4.47. The fraction of sp³-hybridized carbons (Fsp3) is 0.583. The summed E-state index contributed by atoms with van der Waals surface area (Å²) in [6, 6.07) is 3.29. The van der Waals surface area contributed by atoms with Crippen LogP contribution in [-0.4, -0.2) is 34.5 Å². The molecular weight excluding hydrogens is 264 g/mol. The Balaban J connectivity index is 2.11. The van der Waals surface area contributed by atoms with E-state index in [9.17, 15) is 10.1 Å². The molecule has 1 saturated carbocycles. The molecule has 1 fully saturated rings. The van der Waals surface area contributed by atoms with Gasteiger partial charge in [-0.25, -0.2) is 4.98 Å². The van der Waals surface area contributed by atoms with Gasteiger partial charge in [-0.2, -0.15) is 11.8 Å². The Labute approximate surface area is 116 Å². The number of anilines is 2. The number of aromatic nitrogens is 1. The molecule has 6 nitrogen and oxygen atoms in total. The van der Waals surface area contributed by atoms with Crippen molar-refractivity contribution in [3.8, 4) is 0 Å². The standard InChI is InChI=1S/C12H18N4O2S/c1-13-11-6-9(16(17)18)7-12(15-11)14-8-3-4-10(5-8)19-2/h6-8,10H,3-5H2,1-2H3,(H2,13,14,15). The van der Waals surface area contributed by atoms with E-state index in [1.165, 1.54) is 18.6 Å². The fourth-order valence-electron chi connectivity index (χ4n) is 2.32. The Bertz CT molecular complexity index is 469. The third-order valence-electron chi connectivity index (χ3n) is 3.35. The van der Waals surface area contributed by atoms with Crippen LogP contribution >= 0.6 is 11.8 Å². The van der Waals surface area contributed by atoms with E-state index >= 15 is 0 Å². The van der Waals surface area contributed by atoms with Gasteiger partial charge < -0.3 is 10.6 Å². The first kappa shape index (κ1) is 13.9. The molecule has 2 atom stereocenters. The van der Waals surface area contributed by atoms with E-state index in [1.54, 1.807) is 7.05 Å². The SMILES string of the molecule is CNc1cc([N+](=O)[O-])cc(NC2CCC(SC)C2)n1. The van der Waals surface area contributed by atoms with Crippen LogP contribution in [0.3, 0.4) is 0 Å². The van der Waals surface area contributed by atoms with Gasteiger partial charge in [-0.3, -0.25) is 10.1 Å². The van der Waals surface area contributed by atoms with Gasteiger partial charge in [0.05, 0.1) is 17.1 Å². The highest BCUT2D eigenvalue weighted by atomic mass is 32.2. The average Bonchev–Trinajstić information content (AvgIpc) is 2.85. The molecule has 2 rings (SSSR count). The summed E-state index contributed by atoms with van der Waals surface area (Å²) in [5.74, 6) is 1.08. The molecule has 0 bridgehead atoms. The van der Waals surface area contributed by atoms with Gasteiger partial charge in [0, 0.05) is 18.3 Å². The van der Waals surface area contributed by atoms with Crippen molar-refractivity contribution in [2.45, 2.75) is 30.6 Å². The predicted molar refractivity (Wildman–Crippen MR) is 79.0 cm³/mol. The first-order valence-corrected chi connectivity index (χ1v) is 7.54. The van der Waals surface area contributed by atoms with Crippen LogP contribution in [0.4, 0.5) is 17.3 Å². The highest BCUT2D eigenvalue weighted by Gasteiger charge is 2.24. The highest BCUT2D eigenvalue weighted by molar-refractivity contribution is 7.99. The van der Waals surface area contributed by atoms with Crippen molar-refractivity contribution in [3.63, 3.8) is 0 Å². The summed E-state index contributed by atoms with van der Waals surface area (Å²) < 4.78 is 0. The molecule has 0 saturated heterocycles. The maximum Gasteiger partial charge on any atom is 0.276 e. The summed E-state index contributed by atoms with van der Waals surface area (Å²) in [6.07, 6.45) is 5.48. The molecule has 0 aromatic carbocycles. The van der Waals surface area contributed by atoms with Crippen molar-refractivity contribution < 1.29 is 4.92 Å². The smallest absolute Gasteiger partial charge is 0.276 e. The number of pyridine rings is 1. The van der Waals surface area contributed by atoms with Crippen molar-refractivity contribution in [2.24, 2.45) is 0 Å². The zero-order valence-corrected chi connectivity index (χ0v) is 11.9. The van der Waals surface area contributed by atoms with Gasteiger partial charge in [-0.05, 0) is 25.5 Å². The van der Waals surface area contributed by atoms with E-state index < -0.39 is 4.92 Å². The highest BCUT2D eigenvalue weighted by Crippen LogP contribution is 2.30. The molecule has 0 spiro atoms. The van der Waals surface area contributed by atoms with Crippen LogP contribution < -0.4 is 10.6 Å². The Morgan fingerprint density at radius 2 is 2.16 bits per heavy atom. The van der Waals surface area contributed by atoms with E-state index in [1.807, 2.05) is 11.8 Å². The average molecular weight is 282 g/mol. The van der Waals surface area contributed by atoms with E-state index in [4.69, 9.17) is 0 Å². The first-order chi connectivity index (χ1) is 9.12. The molecule has 104 valence electrons. The molecule has 0 radical (unpaired) electrons. The second kappa shape index (κ2) is 6.10. The zero-order chi connectivity index (χ0) is 13.8. The summed E-state index contributed by atoms with van der Waals surface area (Å²) in [7, 11) is 1.70. The number of thioether (sulfide) groups is 1. The molecular formula is C12H18N4O2S. The van der Waals surface area contributed by atoms with Crippen LogP contribution in [0.15, 0.2) is 12.1 Å². The predicted octanol–water partition coefficient (Wildman–Crippen LogP) is 2.73. The number of hydrogen-bond acceptors (Lipinski definition) is 6. The fourth-order valence-corrected chi connectivity index (χ4v) is 3.11. The number of hydrogen-bond donors (Lipinski definition) is 2. The Morgan fingerprint density at radius 1 is 1.42 bits per heavy atom. The van der Waals surface area contributed by atoms with E-state index in [0.717, 1.165) is 12.8 Å². The van der Waals surface area contributed by atoms with Crippen LogP contribution in [-0.2, 0) is 0 Å². The summed E-state index contributed by atoms with van der Waals surface area (Å²) in [5, 5.41) is 17.7. The number of nitro groups is 1. The van der Waals surface area contributed by atoms with Gasteiger partial charge in [0.15, 0.2) is 0 Å². The van der Waals surface area contributed by atoms with Gasteiger partial charge in [-0.1, -0.05) is 0 Å². The van der Waals surface area contributed by atoms with Gasteiger partial charge in [0.2, 0.25) is 0 Å². The molecule has 1 aliphatic carbocycles. The van der Waals surface area contributed by atoms with Crippen molar-refractivity contribution in [2.75, 3.05) is 23.9 Å². The van der Waals surface area contributed by atoms with Gasteiger partial charge in [0.25, 0.3) is 5.69 Å². The Hall–Kier alpha value is -1.50. The maximum atomic E-state index is 10.9. The number of rotatable bonds is 5. The van der Waals surface area contributed by atoms with Crippen LogP contribution in [0.5, 0.6) is 0 Å². The monoisotopic (exact) mass is 282 g/mol. The normalized spacial score (nSPS) is 22.2. The lowest BCUT2D eigenvalue weighted by molar-refractivity contribution is -0.384. The van der Waals surface area contributed by atoms with Crippen LogP contribution in [0.2, 0.25) is 0 Å². The summed E-state index contributed by atoms with van der Waals surface area (Å²) >= 11 is 1.88. The summed E-state index contributed by atoms with van der Waals surface area (Å²) in [6.45, 7) is 0. The van der Waals surface area contributed by atoms with Crippen LogP contribution in [0.25, 0.3) is 0 Å². The first-order valence-electron chi connectivity index (χ1n) is 6.26. The Morgan fingerprint density at radius 3 is 2.74 bits per heavy atom. The minimum absolute atomic E-state index is 0.0567. The second-order valence-electron chi connectivity index (χ2n) is 4.61. The van der Waals surface area contributed by atoms with E-state index in [0.29, 0.717) is 22.9 Å². The van der Waals surface area contributed by atoms with Crippen LogP contribution in [0.1, 0.15) is 19.3 Å². The lowest BCUT2D eigenvalue weighted by Crippen LogP contribution is -2.17. The van der Waals surface area contributed by atoms with Crippen molar-refractivity contribution in [3.05, 3.63) is 22.2 Å². The zero-order valence-electron chi connectivity index (χ0n) is 11.0. The van der Waals surface area contributed by atoms with Gasteiger partial charge in [0.1, 0.15) is 11.6 Å². The number of nitrogens with one attached hydrogen (secondary N) is 2. The molecule has 2 N–H and O–H groups in total. The van der Waals surface area contributed by atoms with E-state index in [2.05, 4.69) is 21.9 Å². The van der Waals surface area contributed by atoms with Crippen molar-refractivity contribution >= 4 is 29.1 Å². The minimum Gasteiger partial charge on any atom is -0.373 e. The minimum atomic E-state index is -0.396. The summed E-state index contributed by atoms with van der Waals surface area (Å²) in [4.78, 5) is 14.8. The molecule has 19 heavy (non-hydrogen) atoms. The quantitative estimate of drug-likeness (QED) is 0.638. The lowest BCUT2D eigenvalue weighted by Gasteiger charge is -2.14. The van der Waals surface area contributed by atoms with Crippen molar-refractivity contribution in [1.82, 2.24) is 4.98 Å². The molecule has 0 amide bonds. The van der Waals surface area contributed by atoms with Gasteiger partial charge in [-0.15, -0.1) is 0 Å². The second-order valence-corrected chi connectivity index (χ2v) is 5.75. The lowest BCUT2D eigenvalue weighted by atomic mass is 10.2. The molecule has 1 aromatic rings. The number of nitrogens with zero attached hydrogens (tertiary/aromatic N) is 2. The molecule has 2 unspecified atom stereocenters. The molecule has 7 heteroatoms. The maximum absolute atomic E-state index is 10.9. The van der Waals surface area contributed by atoms with E-state index in [-0.39, 0.29) is 5.69 Å². The van der Waals surface area contributed by atoms with Gasteiger partial charge >= 0.3 is 0 Å². The molecule has 1 heterocycles. The summed E-state index contributed by atoms with van der Waals surface area (Å²) in [5.41, 5.74) is 0.0567. The van der Waals surface area contributed by atoms with Crippen molar-refractivity contribution in [1.29, 1.82) is 0 Å². The molecule has 0 aliphatic heterocycles. The van der Waals surface area contributed by atoms with Crippen LogP contribution in [0, 0.1) is 10.1 Å². The molecule has 1 aromatic heterocycles.